The third-order valence-corrected chi connectivity index (χ3v) is 4.94. The van der Waals surface area contributed by atoms with E-state index in [9.17, 15) is 9.59 Å². The van der Waals surface area contributed by atoms with Gasteiger partial charge in [0.2, 0.25) is 0 Å². The van der Waals surface area contributed by atoms with E-state index in [0.29, 0.717) is 6.61 Å². The first-order valence-corrected chi connectivity index (χ1v) is 11.2. The lowest BCUT2D eigenvalue weighted by Crippen LogP contribution is -2.28. The fraction of sp³-hybridized carbons (Fsp3) is 0.680. The van der Waals surface area contributed by atoms with Crippen LogP contribution < -0.4 is 0 Å². The minimum Gasteiger partial charge on any atom is -0.461 e. The average Bonchev–Trinajstić information content (AvgIpc) is 2.67. The molecule has 0 radical (unpaired) electrons. The van der Waals surface area contributed by atoms with E-state index in [1.807, 2.05) is 58.0 Å². The molecule has 164 valence electrons. The Kier molecular flexibility index (Phi) is 11.6. The molecular weight excluding hydrogens is 364 g/mol. The highest BCUT2D eigenvalue weighted by Crippen LogP contribution is 2.21. The maximum atomic E-state index is 12.3. The van der Waals surface area contributed by atoms with Crippen LogP contribution in [0.1, 0.15) is 91.5 Å². The Hall–Kier alpha value is -1.84. The second-order valence-corrected chi connectivity index (χ2v) is 9.00. The van der Waals surface area contributed by atoms with Crippen LogP contribution in [0.4, 0.5) is 0 Å². The van der Waals surface area contributed by atoms with E-state index >= 15 is 0 Å². The summed E-state index contributed by atoms with van der Waals surface area (Å²) in [6.07, 6.45) is 7.79. The number of carbonyl (C=O) groups is 2. The molecule has 2 atom stereocenters. The molecule has 0 spiro atoms. The first kappa shape index (κ1) is 25.2. The van der Waals surface area contributed by atoms with Crippen LogP contribution in [-0.2, 0) is 25.7 Å². The number of hydrogen-bond acceptors (Lipinski definition) is 4. The van der Waals surface area contributed by atoms with Crippen LogP contribution in [0.5, 0.6) is 0 Å². The molecule has 0 fully saturated rings. The van der Waals surface area contributed by atoms with Crippen molar-refractivity contribution in [2.24, 2.45) is 11.8 Å². The number of unbranched alkanes of at least 4 members (excludes halogenated alkanes) is 3. The van der Waals surface area contributed by atoms with Crippen molar-refractivity contribution in [1.29, 1.82) is 0 Å². The molecule has 0 aromatic heterocycles. The van der Waals surface area contributed by atoms with Gasteiger partial charge < -0.3 is 9.47 Å². The summed E-state index contributed by atoms with van der Waals surface area (Å²) in [5.41, 5.74) is 0.591. The highest BCUT2D eigenvalue weighted by molar-refractivity contribution is 5.73. The van der Waals surface area contributed by atoms with Crippen LogP contribution in [0.2, 0.25) is 0 Å². The fourth-order valence-corrected chi connectivity index (χ4v) is 3.30. The van der Waals surface area contributed by atoms with Crippen molar-refractivity contribution in [2.75, 3.05) is 0 Å². The first-order chi connectivity index (χ1) is 13.7. The Bertz CT molecular complexity index is 589. The van der Waals surface area contributed by atoms with E-state index in [1.165, 1.54) is 0 Å². The lowest BCUT2D eigenvalue weighted by molar-refractivity contribution is -0.160. The van der Waals surface area contributed by atoms with E-state index < -0.39 is 5.60 Å². The molecule has 0 bridgehead atoms. The Morgan fingerprint density at radius 3 is 2.10 bits per heavy atom. The summed E-state index contributed by atoms with van der Waals surface area (Å²) in [6, 6.07) is 9.76. The monoisotopic (exact) mass is 404 g/mol. The zero-order valence-electron chi connectivity index (χ0n) is 19.0. The molecule has 0 N–H and O–H groups in total. The quantitative estimate of drug-likeness (QED) is 0.279. The number of rotatable bonds is 13. The van der Waals surface area contributed by atoms with Crippen molar-refractivity contribution >= 4 is 11.9 Å². The van der Waals surface area contributed by atoms with Gasteiger partial charge in [0.25, 0.3) is 0 Å². The van der Waals surface area contributed by atoms with Gasteiger partial charge in [-0.05, 0) is 45.6 Å². The number of esters is 2. The van der Waals surface area contributed by atoms with Gasteiger partial charge in [-0.25, -0.2) is 0 Å². The van der Waals surface area contributed by atoms with E-state index in [1.54, 1.807) is 0 Å². The molecule has 2 unspecified atom stereocenters. The molecule has 0 amide bonds. The lowest BCUT2D eigenvalue weighted by Gasteiger charge is -2.23. The van der Waals surface area contributed by atoms with Crippen molar-refractivity contribution in [3.63, 3.8) is 0 Å². The summed E-state index contributed by atoms with van der Waals surface area (Å²) < 4.78 is 11.0. The summed E-state index contributed by atoms with van der Waals surface area (Å²) in [6.45, 7) is 10.1. The molecule has 0 aliphatic rings. The van der Waals surface area contributed by atoms with Gasteiger partial charge in [0, 0.05) is 0 Å². The maximum Gasteiger partial charge on any atom is 0.309 e. The number of hydrogen-bond donors (Lipinski definition) is 0. The van der Waals surface area contributed by atoms with E-state index in [0.717, 1.165) is 56.9 Å². The van der Waals surface area contributed by atoms with Crippen molar-refractivity contribution in [2.45, 2.75) is 98.2 Å². The van der Waals surface area contributed by atoms with Gasteiger partial charge in [0.05, 0.1) is 11.8 Å². The molecule has 4 heteroatoms. The molecule has 0 heterocycles. The Morgan fingerprint density at radius 1 is 0.897 bits per heavy atom. The van der Waals surface area contributed by atoms with Crippen LogP contribution in [0.3, 0.4) is 0 Å². The highest BCUT2D eigenvalue weighted by Gasteiger charge is 2.24. The maximum absolute atomic E-state index is 12.3. The molecule has 4 nitrogen and oxygen atoms in total. The molecule has 0 saturated carbocycles. The second kappa shape index (κ2) is 13.4. The average molecular weight is 405 g/mol. The van der Waals surface area contributed by atoms with Crippen LogP contribution in [0.25, 0.3) is 0 Å². The van der Waals surface area contributed by atoms with Gasteiger partial charge in [-0.3, -0.25) is 9.59 Å². The molecular formula is C25H40O4. The van der Waals surface area contributed by atoms with Crippen LogP contribution in [0.15, 0.2) is 30.3 Å². The topological polar surface area (TPSA) is 52.6 Å². The normalized spacial score (nSPS) is 13.6. The predicted octanol–water partition coefficient (Wildman–Crippen LogP) is 6.46. The third-order valence-electron chi connectivity index (χ3n) is 4.94. The summed E-state index contributed by atoms with van der Waals surface area (Å²) >= 11 is 0. The first-order valence-electron chi connectivity index (χ1n) is 11.2. The van der Waals surface area contributed by atoms with Crippen LogP contribution in [0, 0.1) is 11.8 Å². The van der Waals surface area contributed by atoms with Crippen molar-refractivity contribution in [1.82, 2.24) is 0 Å². The van der Waals surface area contributed by atoms with Gasteiger partial charge in [0.1, 0.15) is 12.2 Å². The standard InChI is InChI=1S/C25H40O4/c1-6-14-22(24(27)29-25(3,4)5)18-13-8-7-10-15-20(2)23(26)28-19-21-16-11-9-12-17-21/h9,11-12,16-17,20,22H,6-8,10,13-15,18-19H2,1-5H3. The molecule has 0 aliphatic carbocycles. The minimum atomic E-state index is -0.422. The van der Waals surface area contributed by atoms with E-state index in [2.05, 4.69) is 6.92 Å². The zero-order chi connectivity index (χ0) is 21.7. The van der Waals surface area contributed by atoms with Gasteiger partial charge in [-0.1, -0.05) is 76.3 Å². The molecule has 1 aromatic carbocycles. The Labute approximate surface area is 177 Å². The van der Waals surface area contributed by atoms with E-state index in [4.69, 9.17) is 9.47 Å². The smallest absolute Gasteiger partial charge is 0.309 e. The summed E-state index contributed by atoms with van der Waals surface area (Å²) in [4.78, 5) is 24.4. The summed E-state index contributed by atoms with van der Waals surface area (Å²) in [5, 5.41) is 0. The van der Waals surface area contributed by atoms with Crippen molar-refractivity contribution in [3.05, 3.63) is 35.9 Å². The largest absolute Gasteiger partial charge is 0.461 e. The Morgan fingerprint density at radius 2 is 1.52 bits per heavy atom. The predicted molar refractivity (Wildman–Crippen MR) is 117 cm³/mol. The molecule has 29 heavy (non-hydrogen) atoms. The molecule has 1 aromatic rings. The van der Waals surface area contributed by atoms with Crippen LogP contribution in [-0.4, -0.2) is 17.5 Å². The van der Waals surface area contributed by atoms with Gasteiger partial charge >= 0.3 is 11.9 Å². The molecule has 0 saturated heterocycles. The number of benzene rings is 1. The Balaban J connectivity index is 2.19. The van der Waals surface area contributed by atoms with E-state index in [-0.39, 0.29) is 23.8 Å². The lowest BCUT2D eigenvalue weighted by atomic mass is 9.95. The highest BCUT2D eigenvalue weighted by atomic mass is 16.6. The molecule has 1 rings (SSSR count). The van der Waals surface area contributed by atoms with Gasteiger partial charge in [0.15, 0.2) is 0 Å². The van der Waals surface area contributed by atoms with Crippen molar-refractivity contribution < 1.29 is 19.1 Å². The van der Waals surface area contributed by atoms with Crippen LogP contribution >= 0.6 is 0 Å². The minimum absolute atomic E-state index is 0.00566. The van der Waals surface area contributed by atoms with Gasteiger partial charge in [-0.2, -0.15) is 0 Å². The summed E-state index contributed by atoms with van der Waals surface area (Å²) in [7, 11) is 0. The fourth-order valence-electron chi connectivity index (χ4n) is 3.30. The zero-order valence-corrected chi connectivity index (χ0v) is 19.0. The van der Waals surface area contributed by atoms with Gasteiger partial charge in [-0.15, -0.1) is 0 Å². The molecule has 0 aliphatic heterocycles. The number of carbonyl (C=O) groups excluding carboxylic acids is 2. The summed E-state index contributed by atoms with van der Waals surface area (Å²) in [5.74, 6) is -0.254. The number of ether oxygens (including phenoxy) is 2. The van der Waals surface area contributed by atoms with Crippen molar-refractivity contribution in [3.8, 4) is 0 Å². The SMILES string of the molecule is CCCC(CCCCCCC(C)C(=O)OCc1ccccc1)C(=O)OC(C)(C)C. The third kappa shape index (κ3) is 11.7. The second-order valence-electron chi connectivity index (χ2n) is 9.00.